The highest BCUT2D eigenvalue weighted by Crippen LogP contribution is 2.43. The highest BCUT2D eigenvalue weighted by Gasteiger charge is 2.18. The van der Waals surface area contributed by atoms with Crippen LogP contribution >= 0.6 is 23.1 Å². The zero-order valence-corrected chi connectivity index (χ0v) is 44.3. The second-order valence-electron chi connectivity index (χ2n) is 17.9. The fourth-order valence-electron chi connectivity index (χ4n) is 9.21. The van der Waals surface area contributed by atoms with E-state index in [1.165, 1.54) is 103 Å². The quantitative estimate of drug-likeness (QED) is 0.105. The third kappa shape index (κ3) is 11.1. The lowest BCUT2D eigenvalue weighted by atomic mass is 9.96. The highest BCUT2D eigenvalue weighted by molar-refractivity contribution is 7.98. The molecule has 0 aliphatic heterocycles. The van der Waals surface area contributed by atoms with Crippen LogP contribution in [-0.2, 0) is 0 Å². The number of nitrogens with zero attached hydrogens (tertiary/aromatic N) is 2. The summed E-state index contributed by atoms with van der Waals surface area (Å²) < 4.78 is 5.10. The molecule has 2 nitrogen and oxygen atoms in total. The van der Waals surface area contributed by atoms with Crippen LogP contribution in [0.2, 0.25) is 0 Å². The molecule has 0 bridgehead atoms. The summed E-state index contributed by atoms with van der Waals surface area (Å²) in [5.41, 5.74) is 15.8. The molecule has 72 heavy (non-hydrogen) atoms. The fourth-order valence-corrected chi connectivity index (χ4v) is 10.3. The Morgan fingerprint density at radius 1 is 0.556 bits per heavy atom. The monoisotopic (exact) mass is 972 g/mol. The molecule has 0 N–H and O–H groups in total. The van der Waals surface area contributed by atoms with Gasteiger partial charge in [-0.2, -0.15) is 11.8 Å². The predicted molar refractivity (Wildman–Crippen MR) is 325 cm³/mol. The Bertz CT molecular complexity index is 3680. The van der Waals surface area contributed by atoms with Crippen LogP contribution in [0.5, 0.6) is 0 Å². The number of fused-ring (bicyclic) bond motifs is 8. The molecule has 0 unspecified atom stereocenters. The predicted octanol–water partition coefficient (Wildman–Crippen LogP) is 21.0. The number of benzene rings is 9. The van der Waals surface area contributed by atoms with E-state index in [9.17, 15) is 0 Å². The van der Waals surface area contributed by atoms with E-state index >= 15 is 0 Å². The number of anilines is 3. The summed E-state index contributed by atoms with van der Waals surface area (Å²) in [4.78, 5) is 2.36. The van der Waals surface area contributed by atoms with E-state index in [2.05, 4.69) is 258 Å². The first kappa shape index (κ1) is 50.7. The van der Waals surface area contributed by atoms with Crippen molar-refractivity contribution in [3.8, 4) is 27.9 Å². The summed E-state index contributed by atoms with van der Waals surface area (Å²) in [5.74, 6) is 1.24. The molecule has 0 fully saturated rings. The summed E-state index contributed by atoms with van der Waals surface area (Å²) in [6.45, 7) is 19.5. The van der Waals surface area contributed by atoms with E-state index in [4.69, 9.17) is 0 Å². The molecule has 2 aromatic heterocycles. The molecule has 0 spiro atoms. The molecule has 4 heteroatoms. The maximum Gasteiger partial charge on any atom is 0.0547 e. The number of rotatable bonds is 9. The minimum absolute atomic E-state index is 1.12. The number of aromatic nitrogens is 1. The zero-order valence-electron chi connectivity index (χ0n) is 42.7. The van der Waals surface area contributed by atoms with Crippen molar-refractivity contribution in [2.75, 3.05) is 16.9 Å². The lowest BCUT2D eigenvalue weighted by molar-refractivity contribution is 1.18. The standard InChI is InChI=1S/C54H38N2S.C8H12.C3H8S.C3H6/c1-35-13-9-10-18-44(35)45-28-27-43(31-36(45)2)55(40-14-5-3-6-15-40)42-25-21-37(22-26-42)38-23-29-50-48(32-38)49-33-39-24-30-53-54(46-19-11-12-20-52(46)57-53)47(39)34-51(49)56(50)41-16-7-4-8-17-41;1-4-5-6-7-8(2)3;1-3-4-2;1-3-2/h3-34H,1-2H3;4-7H,1H2,2-3H3;3H2,1-2H3;3H,1H2,2H3/b;6-5-;;. The largest absolute Gasteiger partial charge is 0.310 e. The molecule has 11 aromatic rings. The van der Waals surface area contributed by atoms with Crippen molar-refractivity contribution in [3.05, 3.63) is 254 Å². The number of aryl methyl sites for hydroxylation is 2. The summed E-state index contributed by atoms with van der Waals surface area (Å²) >= 11 is 3.73. The van der Waals surface area contributed by atoms with Gasteiger partial charge in [0.25, 0.3) is 0 Å². The summed E-state index contributed by atoms with van der Waals surface area (Å²) in [6, 6.07) is 71.2. The number of thioether (sulfide) groups is 1. The van der Waals surface area contributed by atoms with Crippen molar-refractivity contribution >= 4 is 92.9 Å². The molecule has 2 heterocycles. The highest BCUT2D eigenvalue weighted by atomic mass is 32.2. The van der Waals surface area contributed by atoms with Crippen LogP contribution in [0.1, 0.15) is 38.8 Å². The number of thiophene rings is 1. The normalized spacial score (nSPS) is 10.9. The Labute approximate surface area is 435 Å². The third-order valence-electron chi connectivity index (χ3n) is 12.6. The van der Waals surface area contributed by atoms with Gasteiger partial charge >= 0.3 is 0 Å². The first-order valence-corrected chi connectivity index (χ1v) is 26.9. The first-order chi connectivity index (χ1) is 35.2. The molecule has 0 aliphatic rings. The van der Waals surface area contributed by atoms with Crippen molar-refractivity contribution in [3.63, 3.8) is 0 Å². The lowest BCUT2D eigenvalue weighted by Gasteiger charge is -2.26. The van der Waals surface area contributed by atoms with Crippen LogP contribution in [0.15, 0.2) is 243 Å². The molecule has 0 aliphatic carbocycles. The van der Waals surface area contributed by atoms with E-state index < -0.39 is 0 Å². The average molecular weight is 973 g/mol. The molecule has 0 atom stereocenters. The fraction of sp³-hybridized carbons (Fsp3) is 0.118. The van der Waals surface area contributed by atoms with Gasteiger partial charge < -0.3 is 9.47 Å². The number of hydrogen-bond acceptors (Lipinski definition) is 3. The van der Waals surface area contributed by atoms with Gasteiger partial charge in [-0.05, 0) is 176 Å². The molecule has 0 saturated carbocycles. The molecule has 0 saturated heterocycles. The summed E-state index contributed by atoms with van der Waals surface area (Å²) in [5, 5.41) is 7.76. The van der Waals surface area contributed by atoms with E-state index in [0.717, 1.165) is 17.1 Å². The first-order valence-electron chi connectivity index (χ1n) is 24.7. The van der Waals surface area contributed by atoms with Gasteiger partial charge in [0, 0.05) is 53.7 Å². The molecule has 11 rings (SSSR count). The van der Waals surface area contributed by atoms with Crippen LogP contribution in [-0.4, -0.2) is 16.6 Å². The molecular formula is C68H64N2S2. The van der Waals surface area contributed by atoms with Crippen molar-refractivity contribution in [1.82, 2.24) is 4.57 Å². The Morgan fingerprint density at radius 3 is 1.85 bits per heavy atom. The SMILES string of the molecule is C=C/C=C\C=C(C)C.C=CC.CCSC.Cc1ccccc1-c1ccc(N(c2ccccc2)c2ccc(-c3ccc4c(c3)c3cc5ccc6sc7ccccc7c6c5cc3n4-c3ccccc3)cc2)cc1C. The number of hydrogen-bond donors (Lipinski definition) is 0. The van der Waals surface area contributed by atoms with Gasteiger partial charge in [0.05, 0.1) is 11.0 Å². The van der Waals surface area contributed by atoms with Crippen molar-refractivity contribution in [2.24, 2.45) is 0 Å². The smallest absolute Gasteiger partial charge is 0.0547 e. The molecule has 0 radical (unpaired) electrons. The zero-order chi connectivity index (χ0) is 50.6. The van der Waals surface area contributed by atoms with Crippen LogP contribution in [0, 0.1) is 13.8 Å². The van der Waals surface area contributed by atoms with Gasteiger partial charge in [-0.25, -0.2) is 0 Å². The minimum Gasteiger partial charge on any atom is -0.310 e. The lowest BCUT2D eigenvalue weighted by Crippen LogP contribution is -2.10. The van der Waals surface area contributed by atoms with E-state index in [1.807, 2.05) is 48.3 Å². The van der Waals surface area contributed by atoms with Gasteiger partial charge in [0.15, 0.2) is 0 Å². The van der Waals surface area contributed by atoms with Gasteiger partial charge in [-0.15, -0.1) is 17.9 Å². The van der Waals surface area contributed by atoms with E-state index in [-0.39, 0.29) is 0 Å². The van der Waals surface area contributed by atoms with Crippen molar-refractivity contribution in [2.45, 2.75) is 41.5 Å². The van der Waals surface area contributed by atoms with Gasteiger partial charge in [-0.3, -0.25) is 0 Å². The Kier molecular flexibility index (Phi) is 16.9. The minimum atomic E-state index is 1.12. The number of allylic oxidation sites excluding steroid dienone is 6. The molecule has 358 valence electrons. The van der Waals surface area contributed by atoms with Crippen LogP contribution in [0.25, 0.3) is 80.7 Å². The molecule has 9 aromatic carbocycles. The van der Waals surface area contributed by atoms with E-state index in [1.54, 1.807) is 12.2 Å². The Morgan fingerprint density at radius 2 is 1.17 bits per heavy atom. The third-order valence-corrected chi connectivity index (χ3v) is 14.3. The summed E-state index contributed by atoms with van der Waals surface area (Å²) in [6.07, 6.45) is 11.5. The Hall–Kier alpha value is -7.63. The van der Waals surface area contributed by atoms with Crippen molar-refractivity contribution < 1.29 is 0 Å². The summed E-state index contributed by atoms with van der Waals surface area (Å²) in [7, 11) is 0. The molecular weight excluding hydrogens is 909 g/mol. The van der Waals surface area contributed by atoms with E-state index in [0.29, 0.717) is 0 Å². The maximum absolute atomic E-state index is 3.54. The van der Waals surface area contributed by atoms with Crippen LogP contribution in [0.3, 0.4) is 0 Å². The van der Waals surface area contributed by atoms with Crippen molar-refractivity contribution in [1.29, 1.82) is 0 Å². The molecule has 0 amide bonds. The maximum atomic E-state index is 3.54. The average Bonchev–Trinajstić information content (AvgIpc) is 3.95. The van der Waals surface area contributed by atoms with Crippen LogP contribution < -0.4 is 4.90 Å². The van der Waals surface area contributed by atoms with Crippen LogP contribution in [0.4, 0.5) is 17.1 Å². The number of para-hydroxylation sites is 2. The van der Waals surface area contributed by atoms with Gasteiger partial charge in [-0.1, -0.05) is 159 Å². The second-order valence-corrected chi connectivity index (χ2v) is 20.2. The second kappa shape index (κ2) is 24.0. The van der Waals surface area contributed by atoms with Gasteiger partial charge in [0.2, 0.25) is 0 Å². The van der Waals surface area contributed by atoms with Gasteiger partial charge in [0.1, 0.15) is 0 Å². The topological polar surface area (TPSA) is 8.17 Å². The Balaban J connectivity index is 0.000000408.